The highest BCUT2D eigenvalue weighted by atomic mass is 32.2. The Morgan fingerprint density at radius 2 is 1.48 bits per heavy atom. The molecule has 0 aliphatic heterocycles. The van der Waals surface area contributed by atoms with E-state index >= 15 is 0 Å². The molecule has 0 saturated heterocycles. The average Bonchev–Trinajstić information content (AvgIpc) is 2.68. The maximum Gasteiger partial charge on any atom is 0.185 e. The van der Waals surface area contributed by atoms with Crippen molar-refractivity contribution >= 4 is 23.6 Å². The molecule has 0 radical (unpaired) electrons. The van der Waals surface area contributed by atoms with Crippen molar-refractivity contribution in [3.63, 3.8) is 0 Å². The molecule has 0 spiro atoms. The summed E-state index contributed by atoms with van der Waals surface area (Å²) in [6.45, 7) is 0. The molecule has 3 aromatic carbocycles. The maximum absolute atomic E-state index is 12.3. The predicted molar refractivity (Wildman–Crippen MR) is 103 cm³/mol. The molecule has 2 nitrogen and oxygen atoms in total. The van der Waals surface area contributed by atoms with Crippen LogP contribution in [0, 0.1) is 0 Å². The largest absolute Gasteiger partial charge is 0.497 e. The topological polar surface area (TPSA) is 26.3 Å². The molecule has 0 saturated carbocycles. The number of carbonyl (C=O) groups excluding carboxylic acids is 1. The summed E-state index contributed by atoms with van der Waals surface area (Å²) in [5, 5.41) is 0. The zero-order valence-corrected chi connectivity index (χ0v) is 14.7. The Morgan fingerprint density at radius 3 is 2.12 bits per heavy atom. The first-order chi connectivity index (χ1) is 12.2. The Morgan fingerprint density at radius 1 is 0.840 bits per heavy atom. The molecule has 3 rings (SSSR count). The molecule has 0 heterocycles. The molecule has 0 aliphatic carbocycles. The fourth-order valence-corrected chi connectivity index (χ4v) is 3.13. The third-order valence-electron chi connectivity index (χ3n) is 3.66. The highest BCUT2D eigenvalue weighted by Gasteiger charge is 2.03. The van der Waals surface area contributed by atoms with Crippen molar-refractivity contribution in [1.29, 1.82) is 0 Å². The number of methoxy groups -OCH3 is 1. The van der Waals surface area contributed by atoms with E-state index in [4.69, 9.17) is 4.74 Å². The van der Waals surface area contributed by atoms with Crippen LogP contribution in [0.5, 0.6) is 5.75 Å². The van der Waals surface area contributed by atoms with Gasteiger partial charge < -0.3 is 4.74 Å². The number of carbonyl (C=O) groups is 1. The van der Waals surface area contributed by atoms with Gasteiger partial charge in [0.2, 0.25) is 0 Å². The molecule has 0 amide bonds. The Bertz CT molecular complexity index is 851. The van der Waals surface area contributed by atoms with E-state index in [9.17, 15) is 4.79 Å². The third kappa shape index (κ3) is 4.85. The van der Waals surface area contributed by atoms with Crippen LogP contribution in [0.3, 0.4) is 0 Å². The fourth-order valence-electron chi connectivity index (χ4n) is 2.30. The lowest BCUT2D eigenvalue weighted by molar-refractivity contribution is 0.104. The van der Waals surface area contributed by atoms with Gasteiger partial charge in [0.05, 0.1) is 7.11 Å². The number of benzene rings is 3. The predicted octanol–water partition coefficient (Wildman–Crippen LogP) is 5.74. The molecule has 0 fully saturated rings. The number of allylic oxidation sites excluding steroid dienone is 1. The summed E-state index contributed by atoms with van der Waals surface area (Å²) >= 11 is 1.68. The molecule has 0 aromatic heterocycles. The summed E-state index contributed by atoms with van der Waals surface area (Å²) in [6, 6.07) is 25.5. The van der Waals surface area contributed by atoms with Gasteiger partial charge in [0.25, 0.3) is 0 Å². The zero-order chi connectivity index (χ0) is 17.5. The normalized spacial score (nSPS) is 10.8. The van der Waals surface area contributed by atoms with Crippen molar-refractivity contribution in [3.05, 3.63) is 96.1 Å². The van der Waals surface area contributed by atoms with Crippen LogP contribution in [0.1, 0.15) is 15.9 Å². The first-order valence-electron chi connectivity index (χ1n) is 7.94. The highest BCUT2D eigenvalue weighted by molar-refractivity contribution is 7.99. The van der Waals surface area contributed by atoms with Gasteiger partial charge in [-0.25, -0.2) is 0 Å². The summed E-state index contributed by atoms with van der Waals surface area (Å²) in [6.07, 6.45) is 3.41. The van der Waals surface area contributed by atoms with Crippen LogP contribution in [0.25, 0.3) is 6.08 Å². The zero-order valence-electron chi connectivity index (χ0n) is 13.9. The summed E-state index contributed by atoms with van der Waals surface area (Å²) in [7, 11) is 1.63. The van der Waals surface area contributed by atoms with Gasteiger partial charge in [-0.15, -0.1) is 0 Å². The Balaban J connectivity index is 1.64. The van der Waals surface area contributed by atoms with Gasteiger partial charge in [-0.3, -0.25) is 4.79 Å². The van der Waals surface area contributed by atoms with E-state index < -0.39 is 0 Å². The first-order valence-corrected chi connectivity index (χ1v) is 8.76. The number of ketones is 1. The molecule has 25 heavy (non-hydrogen) atoms. The van der Waals surface area contributed by atoms with Gasteiger partial charge in [0.15, 0.2) is 5.78 Å². The van der Waals surface area contributed by atoms with E-state index in [0.29, 0.717) is 5.56 Å². The maximum atomic E-state index is 12.3. The Hall–Kier alpha value is -2.78. The van der Waals surface area contributed by atoms with Crippen molar-refractivity contribution in [2.75, 3.05) is 7.11 Å². The van der Waals surface area contributed by atoms with Gasteiger partial charge in [-0.05, 0) is 60.2 Å². The first kappa shape index (κ1) is 17.1. The second-order valence-corrected chi connectivity index (χ2v) is 6.56. The SMILES string of the molecule is COc1ccc(/C=C/C(=O)c2ccc(Sc3ccccc3)cc2)cc1. The van der Waals surface area contributed by atoms with E-state index in [0.717, 1.165) is 16.2 Å². The quantitative estimate of drug-likeness (QED) is 0.420. The number of hydrogen-bond donors (Lipinski definition) is 0. The van der Waals surface area contributed by atoms with Crippen LogP contribution in [0.4, 0.5) is 0 Å². The highest BCUT2D eigenvalue weighted by Crippen LogP contribution is 2.27. The summed E-state index contributed by atoms with van der Waals surface area (Å²) in [4.78, 5) is 14.6. The van der Waals surface area contributed by atoms with E-state index in [1.54, 1.807) is 24.9 Å². The summed E-state index contributed by atoms with van der Waals surface area (Å²) < 4.78 is 5.12. The molecule has 0 unspecified atom stereocenters. The molecule has 3 aromatic rings. The standard InChI is InChI=1S/C22H18O2S/c1-24-19-12-7-17(8-13-19)9-16-22(23)18-10-14-21(15-11-18)25-20-5-3-2-4-6-20/h2-16H,1H3/b16-9+. The molecule has 0 bridgehead atoms. The molecule has 0 atom stereocenters. The van der Waals surface area contributed by atoms with Crippen LogP contribution < -0.4 is 4.74 Å². The van der Waals surface area contributed by atoms with Crippen molar-refractivity contribution in [2.45, 2.75) is 9.79 Å². The fraction of sp³-hybridized carbons (Fsp3) is 0.0455. The minimum Gasteiger partial charge on any atom is -0.497 e. The second kappa shape index (κ2) is 8.36. The van der Waals surface area contributed by atoms with E-state index in [1.165, 1.54) is 4.90 Å². The van der Waals surface area contributed by atoms with Crippen LogP contribution in [-0.4, -0.2) is 12.9 Å². The molecular weight excluding hydrogens is 328 g/mol. The monoisotopic (exact) mass is 346 g/mol. The molecule has 124 valence electrons. The van der Waals surface area contributed by atoms with E-state index in [-0.39, 0.29) is 5.78 Å². The van der Waals surface area contributed by atoms with E-state index in [2.05, 4.69) is 12.1 Å². The number of hydrogen-bond acceptors (Lipinski definition) is 3. The van der Waals surface area contributed by atoms with Gasteiger partial charge >= 0.3 is 0 Å². The minimum atomic E-state index is -0.00733. The lowest BCUT2D eigenvalue weighted by atomic mass is 10.1. The van der Waals surface area contributed by atoms with Gasteiger partial charge in [0.1, 0.15) is 5.75 Å². The van der Waals surface area contributed by atoms with Crippen LogP contribution >= 0.6 is 11.8 Å². The molecule has 3 heteroatoms. The number of rotatable bonds is 6. The smallest absolute Gasteiger partial charge is 0.185 e. The molecule has 0 N–H and O–H groups in total. The molecule has 0 aliphatic rings. The van der Waals surface area contributed by atoms with Crippen molar-refractivity contribution < 1.29 is 9.53 Å². The van der Waals surface area contributed by atoms with Crippen molar-refractivity contribution in [1.82, 2.24) is 0 Å². The van der Waals surface area contributed by atoms with Crippen LogP contribution in [0.2, 0.25) is 0 Å². The lowest BCUT2D eigenvalue weighted by Gasteiger charge is -2.02. The molecular formula is C22H18O2S. The summed E-state index contributed by atoms with van der Waals surface area (Å²) in [5.41, 5.74) is 1.65. The average molecular weight is 346 g/mol. The number of ether oxygens (including phenoxy) is 1. The van der Waals surface area contributed by atoms with Crippen LogP contribution in [-0.2, 0) is 0 Å². The third-order valence-corrected chi connectivity index (χ3v) is 4.68. The van der Waals surface area contributed by atoms with Gasteiger partial charge in [-0.1, -0.05) is 48.2 Å². The Kier molecular flexibility index (Phi) is 5.70. The van der Waals surface area contributed by atoms with Gasteiger partial charge in [0, 0.05) is 15.4 Å². The Labute approximate surface area is 152 Å². The minimum absolute atomic E-state index is 0.00733. The van der Waals surface area contributed by atoms with Crippen molar-refractivity contribution in [2.24, 2.45) is 0 Å². The lowest BCUT2D eigenvalue weighted by Crippen LogP contribution is -1.93. The van der Waals surface area contributed by atoms with Crippen LogP contribution in [0.15, 0.2) is 94.7 Å². The summed E-state index contributed by atoms with van der Waals surface area (Å²) in [5.74, 6) is 0.794. The van der Waals surface area contributed by atoms with E-state index in [1.807, 2.05) is 72.8 Å². The van der Waals surface area contributed by atoms with Crippen molar-refractivity contribution in [3.8, 4) is 5.75 Å². The second-order valence-electron chi connectivity index (χ2n) is 5.41. The van der Waals surface area contributed by atoms with Gasteiger partial charge in [-0.2, -0.15) is 0 Å².